The van der Waals surface area contributed by atoms with E-state index in [1.54, 1.807) is 18.2 Å². The van der Waals surface area contributed by atoms with Gasteiger partial charge in [-0.2, -0.15) is 0 Å². The standard InChI is InChI=1S/C11H15NO3S/c12-9-2-1-3-11(8-9)16(13,14)10-4-6-15-7-5-10/h1-3,8,10H,4-7,12H2. The molecule has 1 aliphatic heterocycles. The molecule has 1 aromatic carbocycles. The number of anilines is 1. The second-order valence-corrected chi connectivity index (χ2v) is 6.16. The molecule has 0 aromatic heterocycles. The number of ether oxygens (including phenoxy) is 1. The number of rotatable bonds is 2. The molecular formula is C11H15NO3S. The SMILES string of the molecule is Nc1cccc(S(=O)(=O)C2CCOCC2)c1. The van der Waals surface area contributed by atoms with Crippen LogP contribution in [0.25, 0.3) is 0 Å². The fourth-order valence-electron chi connectivity index (χ4n) is 1.87. The zero-order valence-electron chi connectivity index (χ0n) is 8.93. The van der Waals surface area contributed by atoms with Crippen LogP contribution in [0.2, 0.25) is 0 Å². The highest BCUT2D eigenvalue weighted by molar-refractivity contribution is 7.92. The minimum atomic E-state index is -3.24. The molecule has 0 radical (unpaired) electrons. The van der Waals surface area contributed by atoms with E-state index in [-0.39, 0.29) is 5.25 Å². The Morgan fingerprint density at radius 2 is 1.94 bits per heavy atom. The van der Waals surface area contributed by atoms with Gasteiger partial charge in [-0.05, 0) is 31.0 Å². The average molecular weight is 241 g/mol. The van der Waals surface area contributed by atoms with E-state index in [0.29, 0.717) is 36.6 Å². The fraction of sp³-hybridized carbons (Fsp3) is 0.455. The summed E-state index contributed by atoms with van der Waals surface area (Å²) in [6.07, 6.45) is 1.13. The first-order valence-corrected chi connectivity index (χ1v) is 6.82. The van der Waals surface area contributed by atoms with Crippen LogP contribution < -0.4 is 5.73 Å². The van der Waals surface area contributed by atoms with Crippen LogP contribution in [0.4, 0.5) is 5.69 Å². The van der Waals surface area contributed by atoms with Gasteiger partial charge in [0.1, 0.15) is 0 Å². The molecule has 1 heterocycles. The quantitative estimate of drug-likeness (QED) is 0.790. The lowest BCUT2D eigenvalue weighted by Crippen LogP contribution is -2.28. The summed E-state index contributed by atoms with van der Waals surface area (Å²) in [7, 11) is -3.24. The van der Waals surface area contributed by atoms with Gasteiger partial charge in [-0.1, -0.05) is 6.07 Å². The molecule has 1 aromatic rings. The summed E-state index contributed by atoms with van der Waals surface area (Å²) in [6.45, 7) is 1.04. The molecule has 1 fully saturated rings. The predicted octanol–water partition coefficient (Wildman–Crippen LogP) is 1.22. The minimum Gasteiger partial charge on any atom is -0.399 e. The van der Waals surface area contributed by atoms with Crippen LogP contribution in [0.3, 0.4) is 0 Å². The van der Waals surface area contributed by atoms with E-state index >= 15 is 0 Å². The van der Waals surface area contributed by atoms with E-state index in [1.807, 2.05) is 0 Å². The lowest BCUT2D eigenvalue weighted by molar-refractivity contribution is 0.0983. The molecule has 0 aliphatic carbocycles. The van der Waals surface area contributed by atoms with Crippen molar-refractivity contribution in [2.45, 2.75) is 23.0 Å². The summed E-state index contributed by atoms with van der Waals surface area (Å²) in [5.41, 5.74) is 6.08. The Labute approximate surface area is 95.3 Å². The molecule has 1 saturated heterocycles. The molecule has 0 saturated carbocycles. The maximum Gasteiger partial charge on any atom is 0.181 e. The summed E-state index contributed by atoms with van der Waals surface area (Å²) in [5.74, 6) is 0. The molecular weight excluding hydrogens is 226 g/mol. The van der Waals surface area contributed by atoms with Gasteiger partial charge in [0.25, 0.3) is 0 Å². The van der Waals surface area contributed by atoms with Crippen molar-refractivity contribution in [1.82, 2.24) is 0 Å². The third-order valence-corrected chi connectivity index (χ3v) is 5.05. The van der Waals surface area contributed by atoms with E-state index in [2.05, 4.69) is 0 Å². The van der Waals surface area contributed by atoms with Gasteiger partial charge in [0, 0.05) is 18.9 Å². The summed E-state index contributed by atoms with van der Waals surface area (Å²) >= 11 is 0. The molecule has 4 nitrogen and oxygen atoms in total. The Morgan fingerprint density at radius 1 is 1.25 bits per heavy atom. The van der Waals surface area contributed by atoms with Gasteiger partial charge in [-0.15, -0.1) is 0 Å². The monoisotopic (exact) mass is 241 g/mol. The van der Waals surface area contributed by atoms with Crippen LogP contribution in [-0.4, -0.2) is 26.9 Å². The molecule has 0 amide bonds. The predicted molar refractivity (Wildman–Crippen MR) is 61.9 cm³/mol. The molecule has 2 N–H and O–H groups in total. The Hall–Kier alpha value is -1.07. The van der Waals surface area contributed by atoms with Crippen LogP contribution >= 0.6 is 0 Å². The summed E-state index contributed by atoms with van der Waals surface area (Å²) < 4.78 is 29.6. The first-order valence-electron chi connectivity index (χ1n) is 5.28. The maximum absolute atomic E-state index is 12.2. The van der Waals surface area contributed by atoms with E-state index in [9.17, 15) is 8.42 Å². The summed E-state index contributed by atoms with van der Waals surface area (Å²) in [4.78, 5) is 0.319. The van der Waals surface area contributed by atoms with Gasteiger partial charge in [-0.3, -0.25) is 0 Å². The lowest BCUT2D eigenvalue weighted by Gasteiger charge is -2.22. The second kappa shape index (κ2) is 4.43. The Kier molecular flexibility index (Phi) is 3.16. The zero-order chi connectivity index (χ0) is 11.6. The van der Waals surface area contributed by atoms with Crippen molar-refractivity contribution in [2.24, 2.45) is 0 Å². The number of sulfone groups is 1. The molecule has 0 unspecified atom stereocenters. The second-order valence-electron chi connectivity index (χ2n) is 3.93. The number of hydrogen-bond donors (Lipinski definition) is 1. The van der Waals surface area contributed by atoms with Gasteiger partial charge in [0.15, 0.2) is 9.84 Å². The number of hydrogen-bond acceptors (Lipinski definition) is 4. The lowest BCUT2D eigenvalue weighted by atomic mass is 10.2. The largest absolute Gasteiger partial charge is 0.399 e. The summed E-state index contributed by atoms with van der Waals surface area (Å²) in [6, 6.07) is 6.47. The van der Waals surface area contributed by atoms with Gasteiger partial charge < -0.3 is 10.5 Å². The van der Waals surface area contributed by atoms with Crippen molar-refractivity contribution >= 4 is 15.5 Å². The van der Waals surface area contributed by atoms with Crippen molar-refractivity contribution in [3.05, 3.63) is 24.3 Å². The third-order valence-electron chi connectivity index (χ3n) is 2.79. The number of nitrogens with two attached hydrogens (primary N) is 1. The molecule has 88 valence electrons. The van der Waals surface area contributed by atoms with Crippen LogP contribution in [-0.2, 0) is 14.6 Å². The Balaban J connectivity index is 2.30. The van der Waals surface area contributed by atoms with E-state index in [4.69, 9.17) is 10.5 Å². The topological polar surface area (TPSA) is 69.4 Å². The van der Waals surface area contributed by atoms with Crippen LogP contribution in [0, 0.1) is 0 Å². The number of nitrogen functional groups attached to an aromatic ring is 1. The normalized spacial score (nSPS) is 18.5. The van der Waals surface area contributed by atoms with Gasteiger partial charge in [-0.25, -0.2) is 8.42 Å². The zero-order valence-corrected chi connectivity index (χ0v) is 9.74. The first kappa shape index (κ1) is 11.4. The van der Waals surface area contributed by atoms with Crippen molar-refractivity contribution < 1.29 is 13.2 Å². The Bertz CT molecular complexity index is 464. The van der Waals surface area contributed by atoms with Crippen LogP contribution in [0.15, 0.2) is 29.2 Å². The highest BCUT2D eigenvalue weighted by Gasteiger charge is 2.29. The molecule has 1 aliphatic rings. The molecule has 0 atom stereocenters. The molecule has 16 heavy (non-hydrogen) atoms. The minimum absolute atomic E-state index is 0.319. The maximum atomic E-state index is 12.2. The first-order chi connectivity index (χ1) is 7.60. The van der Waals surface area contributed by atoms with E-state index < -0.39 is 9.84 Å². The van der Waals surface area contributed by atoms with Gasteiger partial charge >= 0.3 is 0 Å². The smallest absolute Gasteiger partial charge is 0.181 e. The highest BCUT2D eigenvalue weighted by atomic mass is 32.2. The van der Waals surface area contributed by atoms with E-state index in [0.717, 1.165) is 0 Å². The van der Waals surface area contributed by atoms with Crippen LogP contribution in [0.1, 0.15) is 12.8 Å². The van der Waals surface area contributed by atoms with Crippen molar-refractivity contribution in [3.63, 3.8) is 0 Å². The average Bonchev–Trinajstić information content (AvgIpc) is 2.30. The highest BCUT2D eigenvalue weighted by Crippen LogP contribution is 2.24. The molecule has 0 spiro atoms. The fourth-order valence-corrected chi connectivity index (χ4v) is 3.64. The van der Waals surface area contributed by atoms with Crippen molar-refractivity contribution in [2.75, 3.05) is 18.9 Å². The Morgan fingerprint density at radius 3 is 2.56 bits per heavy atom. The third kappa shape index (κ3) is 2.20. The van der Waals surface area contributed by atoms with Gasteiger partial charge in [0.2, 0.25) is 0 Å². The van der Waals surface area contributed by atoms with Crippen molar-refractivity contribution in [1.29, 1.82) is 0 Å². The van der Waals surface area contributed by atoms with Crippen LogP contribution in [0.5, 0.6) is 0 Å². The van der Waals surface area contributed by atoms with Crippen molar-refractivity contribution in [3.8, 4) is 0 Å². The molecule has 2 rings (SSSR count). The van der Waals surface area contributed by atoms with E-state index in [1.165, 1.54) is 6.07 Å². The molecule has 5 heteroatoms. The number of benzene rings is 1. The molecule has 0 bridgehead atoms. The summed E-state index contributed by atoms with van der Waals surface area (Å²) in [5, 5.41) is -0.331. The van der Waals surface area contributed by atoms with Gasteiger partial charge in [0.05, 0.1) is 10.1 Å².